The predicted molar refractivity (Wildman–Crippen MR) is 68.3 cm³/mol. The van der Waals surface area contributed by atoms with Crippen molar-refractivity contribution in [1.29, 1.82) is 0 Å². The quantitative estimate of drug-likeness (QED) is 0.640. The average molecular weight is 245 g/mol. The number of rotatable bonds is 5. The van der Waals surface area contributed by atoms with Crippen molar-refractivity contribution in [2.24, 2.45) is 5.92 Å². The van der Waals surface area contributed by atoms with E-state index in [4.69, 9.17) is 4.74 Å². The highest BCUT2D eigenvalue weighted by molar-refractivity contribution is 5.96. The van der Waals surface area contributed by atoms with E-state index < -0.39 is 5.97 Å². The maximum atomic E-state index is 11.6. The third-order valence-corrected chi connectivity index (χ3v) is 2.65. The van der Waals surface area contributed by atoms with E-state index in [9.17, 15) is 9.59 Å². The molecule has 0 spiro atoms. The molecule has 0 aromatic heterocycles. The number of amides is 1. The highest BCUT2D eigenvalue weighted by Crippen LogP contribution is 2.30. The van der Waals surface area contributed by atoms with Crippen molar-refractivity contribution in [1.82, 2.24) is 0 Å². The molecule has 1 fully saturated rings. The fourth-order valence-corrected chi connectivity index (χ4v) is 1.53. The Morgan fingerprint density at radius 2 is 2.22 bits per heavy atom. The Morgan fingerprint density at radius 3 is 2.89 bits per heavy atom. The minimum atomic E-state index is -0.419. The highest BCUT2D eigenvalue weighted by atomic mass is 16.5. The molecule has 0 aliphatic heterocycles. The lowest BCUT2D eigenvalue weighted by Gasteiger charge is -2.06. The molecule has 4 heteroatoms. The average Bonchev–Trinajstić information content (AvgIpc) is 3.20. The molecule has 18 heavy (non-hydrogen) atoms. The van der Waals surface area contributed by atoms with Crippen molar-refractivity contribution in [3.63, 3.8) is 0 Å². The van der Waals surface area contributed by atoms with Gasteiger partial charge in [0.2, 0.25) is 5.91 Å². The van der Waals surface area contributed by atoms with Crippen LogP contribution in [0.15, 0.2) is 36.9 Å². The summed E-state index contributed by atoms with van der Waals surface area (Å²) in [6.07, 6.45) is 3.41. The number of ether oxygens (including phenoxy) is 1. The van der Waals surface area contributed by atoms with Crippen LogP contribution >= 0.6 is 0 Å². The minimum absolute atomic E-state index is 0.0200. The minimum Gasteiger partial charge on any atom is -0.458 e. The van der Waals surface area contributed by atoms with Crippen LogP contribution < -0.4 is 5.32 Å². The fraction of sp³-hybridized carbons (Fsp3) is 0.286. The highest BCUT2D eigenvalue weighted by Gasteiger charge is 2.29. The molecule has 4 nitrogen and oxygen atoms in total. The summed E-state index contributed by atoms with van der Waals surface area (Å²) in [5, 5.41) is 2.79. The molecule has 0 heterocycles. The van der Waals surface area contributed by atoms with Gasteiger partial charge in [-0.05, 0) is 31.0 Å². The topological polar surface area (TPSA) is 55.4 Å². The van der Waals surface area contributed by atoms with Gasteiger partial charge < -0.3 is 10.1 Å². The molecular weight excluding hydrogens is 230 g/mol. The summed E-state index contributed by atoms with van der Waals surface area (Å²) >= 11 is 0. The normalized spacial score (nSPS) is 13.8. The zero-order valence-electron chi connectivity index (χ0n) is 10.0. The van der Waals surface area contributed by atoms with Crippen molar-refractivity contribution in [2.75, 3.05) is 11.9 Å². The third kappa shape index (κ3) is 3.20. The van der Waals surface area contributed by atoms with Crippen molar-refractivity contribution in [3.8, 4) is 0 Å². The first-order valence-electron chi connectivity index (χ1n) is 5.89. The van der Waals surface area contributed by atoms with Gasteiger partial charge in [0.25, 0.3) is 0 Å². The van der Waals surface area contributed by atoms with E-state index in [1.807, 2.05) is 0 Å². The van der Waals surface area contributed by atoms with Gasteiger partial charge in [0.1, 0.15) is 6.61 Å². The van der Waals surface area contributed by atoms with E-state index in [0.717, 1.165) is 12.8 Å². The van der Waals surface area contributed by atoms with Gasteiger partial charge in [-0.2, -0.15) is 0 Å². The zero-order chi connectivity index (χ0) is 13.0. The summed E-state index contributed by atoms with van der Waals surface area (Å²) in [6, 6.07) is 6.74. The molecule has 0 radical (unpaired) electrons. The molecular formula is C14H15NO3. The molecule has 2 rings (SSSR count). The van der Waals surface area contributed by atoms with Crippen molar-refractivity contribution in [2.45, 2.75) is 12.8 Å². The monoisotopic (exact) mass is 245 g/mol. The Balaban J connectivity index is 2.01. The molecule has 1 aliphatic rings. The van der Waals surface area contributed by atoms with E-state index in [1.54, 1.807) is 24.3 Å². The first-order valence-corrected chi connectivity index (χ1v) is 5.89. The summed E-state index contributed by atoms with van der Waals surface area (Å²) in [5.41, 5.74) is 1.05. The van der Waals surface area contributed by atoms with Gasteiger partial charge in [-0.25, -0.2) is 4.79 Å². The molecule has 0 atom stereocenters. The zero-order valence-corrected chi connectivity index (χ0v) is 10.0. The lowest BCUT2D eigenvalue weighted by atomic mass is 10.2. The fourth-order valence-electron chi connectivity index (χ4n) is 1.53. The first-order chi connectivity index (χ1) is 8.70. The van der Waals surface area contributed by atoms with Crippen molar-refractivity contribution in [3.05, 3.63) is 42.5 Å². The lowest BCUT2D eigenvalue weighted by Crippen LogP contribution is -2.14. The van der Waals surface area contributed by atoms with Crippen LogP contribution in [0.3, 0.4) is 0 Å². The van der Waals surface area contributed by atoms with Crippen LogP contribution in [0.1, 0.15) is 23.2 Å². The summed E-state index contributed by atoms with van der Waals surface area (Å²) < 4.78 is 4.93. The van der Waals surface area contributed by atoms with Crippen LogP contribution in [0, 0.1) is 5.92 Å². The summed E-state index contributed by atoms with van der Waals surface area (Å²) in [4.78, 5) is 23.2. The first kappa shape index (κ1) is 12.4. The Morgan fingerprint density at radius 1 is 1.44 bits per heavy atom. The molecule has 1 aliphatic carbocycles. The van der Waals surface area contributed by atoms with Crippen LogP contribution in [0.5, 0.6) is 0 Å². The smallest absolute Gasteiger partial charge is 0.338 e. The van der Waals surface area contributed by atoms with E-state index in [0.29, 0.717) is 11.3 Å². The van der Waals surface area contributed by atoms with Crippen molar-refractivity contribution < 1.29 is 14.3 Å². The predicted octanol–water partition coefficient (Wildman–Crippen LogP) is 2.38. The van der Waals surface area contributed by atoms with Crippen molar-refractivity contribution >= 4 is 17.6 Å². The molecule has 1 amide bonds. The summed E-state index contributed by atoms with van der Waals surface area (Å²) in [7, 11) is 0. The molecule has 1 N–H and O–H groups in total. The lowest BCUT2D eigenvalue weighted by molar-refractivity contribution is -0.117. The van der Waals surface area contributed by atoms with E-state index in [-0.39, 0.29) is 18.4 Å². The number of esters is 1. The maximum absolute atomic E-state index is 11.6. The van der Waals surface area contributed by atoms with Gasteiger partial charge in [-0.15, -0.1) is 0 Å². The van der Waals surface area contributed by atoms with Gasteiger partial charge in [0, 0.05) is 11.6 Å². The van der Waals surface area contributed by atoms with Gasteiger partial charge >= 0.3 is 5.97 Å². The van der Waals surface area contributed by atoms with Crippen LogP contribution in [-0.2, 0) is 9.53 Å². The number of carbonyl (C=O) groups is 2. The SMILES string of the molecule is C=CCOC(=O)c1cccc(NC(=O)C2CC2)c1. The number of hydrogen-bond acceptors (Lipinski definition) is 3. The molecule has 0 unspecified atom stereocenters. The largest absolute Gasteiger partial charge is 0.458 e. The Hall–Kier alpha value is -2.10. The Bertz CT molecular complexity index is 478. The number of anilines is 1. The second-order valence-corrected chi connectivity index (χ2v) is 4.23. The third-order valence-electron chi connectivity index (χ3n) is 2.65. The second kappa shape index (κ2) is 5.49. The maximum Gasteiger partial charge on any atom is 0.338 e. The molecule has 1 aromatic rings. The van der Waals surface area contributed by atoms with E-state index in [2.05, 4.69) is 11.9 Å². The van der Waals surface area contributed by atoms with Crippen LogP contribution in [-0.4, -0.2) is 18.5 Å². The summed E-state index contributed by atoms with van der Waals surface area (Å²) in [6.45, 7) is 3.65. The van der Waals surface area contributed by atoms with E-state index >= 15 is 0 Å². The molecule has 0 saturated heterocycles. The van der Waals surface area contributed by atoms with Crippen LogP contribution in [0.2, 0.25) is 0 Å². The number of benzene rings is 1. The molecule has 1 saturated carbocycles. The molecule has 0 bridgehead atoms. The van der Waals surface area contributed by atoms with Gasteiger partial charge in [0.15, 0.2) is 0 Å². The summed E-state index contributed by atoms with van der Waals surface area (Å²) in [5.74, 6) is -0.259. The molecule has 1 aromatic carbocycles. The standard InChI is InChI=1S/C14H15NO3/c1-2-8-18-14(17)11-4-3-5-12(9-11)15-13(16)10-6-7-10/h2-5,9-10H,1,6-8H2,(H,15,16). The van der Waals surface area contributed by atoms with Gasteiger partial charge in [-0.3, -0.25) is 4.79 Å². The van der Waals surface area contributed by atoms with Crippen LogP contribution in [0.25, 0.3) is 0 Å². The van der Waals surface area contributed by atoms with E-state index in [1.165, 1.54) is 6.08 Å². The Labute approximate surface area is 106 Å². The second-order valence-electron chi connectivity index (χ2n) is 4.23. The number of carbonyl (C=O) groups excluding carboxylic acids is 2. The Kier molecular flexibility index (Phi) is 3.77. The number of nitrogens with one attached hydrogen (secondary N) is 1. The number of hydrogen-bond donors (Lipinski definition) is 1. The van der Waals surface area contributed by atoms with Gasteiger partial charge in [-0.1, -0.05) is 18.7 Å². The van der Waals surface area contributed by atoms with Crippen LogP contribution in [0.4, 0.5) is 5.69 Å². The van der Waals surface area contributed by atoms with Gasteiger partial charge in [0.05, 0.1) is 5.56 Å². The molecule has 94 valence electrons.